The SMILES string of the molecule is Cc1ccc(C2=C(Sc3ccc(Cl)cc3)C(=O)N(Cc3ccccc3)C2=O)cc1. The average molecular weight is 420 g/mol. The van der Waals surface area contributed by atoms with Gasteiger partial charge in [0.15, 0.2) is 0 Å². The molecule has 0 radical (unpaired) electrons. The molecule has 0 fully saturated rings. The van der Waals surface area contributed by atoms with Gasteiger partial charge in [0.2, 0.25) is 0 Å². The van der Waals surface area contributed by atoms with Crippen molar-refractivity contribution in [1.82, 2.24) is 4.90 Å². The Bertz CT molecular complexity index is 1090. The summed E-state index contributed by atoms with van der Waals surface area (Å²) in [7, 11) is 0. The van der Waals surface area contributed by atoms with Gasteiger partial charge >= 0.3 is 0 Å². The Hall–Kier alpha value is -2.82. The Morgan fingerprint density at radius 3 is 2.14 bits per heavy atom. The minimum atomic E-state index is -0.269. The van der Waals surface area contributed by atoms with Gasteiger partial charge in [0.05, 0.1) is 17.0 Å². The monoisotopic (exact) mass is 419 g/mol. The number of nitrogens with zero attached hydrogens (tertiary/aromatic N) is 1. The Labute approximate surface area is 179 Å². The molecular weight excluding hydrogens is 402 g/mol. The molecule has 2 amide bonds. The van der Waals surface area contributed by atoms with Crippen LogP contribution in [-0.4, -0.2) is 16.7 Å². The molecule has 3 aromatic carbocycles. The van der Waals surface area contributed by atoms with E-state index < -0.39 is 0 Å². The van der Waals surface area contributed by atoms with E-state index in [4.69, 9.17) is 11.6 Å². The number of carbonyl (C=O) groups excluding carboxylic acids is 2. The summed E-state index contributed by atoms with van der Waals surface area (Å²) in [5.41, 5.74) is 3.21. The third-order valence-electron chi connectivity index (χ3n) is 4.68. The zero-order chi connectivity index (χ0) is 20.4. The van der Waals surface area contributed by atoms with Gasteiger partial charge in [-0.2, -0.15) is 0 Å². The largest absolute Gasteiger partial charge is 0.269 e. The molecule has 144 valence electrons. The number of hydrogen-bond acceptors (Lipinski definition) is 3. The van der Waals surface area contributed by atoms with Crippen molar-refractivity contribution in [3.8, 4) is 0 Å². The average Bonchev–Trinajstić information content (AvgIpc) is 2.95. The van der Waals surface area contributed by atoms with Crippen LogP contribution in [0.5, 0.6) is 0 Å². The third-order valence-corrected chi connectivity index (χ3v) is 6.03. The molecule has 1 heterocycles. The summed E-state index contributed by atoms with van der Waals surface area (Å²) >= 11 is 7.28. The van der Waals surface area contributed by atoms with Gasteiger partial charge in [-0.15, -0.1) is 0 Å². The highest BCUT2D eigenvalue weighted by atomic mass is 35.5. The van der Waals surface area contributed by atoms with E-state index in [1.807, 2.05) is 73.7 Å². The number of carbonyl (C=O) groups is 2. The summed E-state index contributed by atoms with van der Waals surface area (Å²) in [6.07, 6.45) is 0. The lowest BCUT2D eigenvalue weighted by atomic mass is 10.0. The number of rotatable bonds is 5. The van der Waals surface area contributed by atoms with Crippen molar-refractivity contribution in [3.63, 3.8) is 0 Å². The summed E-state index contributed by atoms with van der Waals surface area (Å²) in [6, 6.07) is 24.5. The maximum Gasteiger partial charge on any atom is 0.268 e. The molecule has 0 spiro atoms. The fourth-order valence-electron chi connectivity index (χ4n) is 3.15. The molecule has 5 heteroatoms. The van der Waals surface area contributed by atoms with E-state index >= 15 is 0 Å². The van der Waals surface area contributed by atoms with Crippen LogP contribution in [0.4, 0.5) is 0 Å². The fourth-order valence-corrected chi connectivity index (χ4v) is 4.29. The normalized spacial score (nSPS) is 14.1. The van der Waals surface area contributed by atoms with Gasteiger partial charge < -0.3 is 0 Å². The van der Waals surface area contributed by atoms with Crippen molar-refractivity contribution in [3.05, 3.63) is 105 Å². The highest BCUT2D eigenvalue weighted by Gasteiger charge is 2.39. The van der Waals surface area contributed by atoms with Crippen molar-refractivity contribution in [2.45, 2.75) is 18.4 Å². The smallest absolute Gasteiger partial charge is 0.268 e. The maximum absolute atomic E-state index is 13.3. The van der Waals surface area contributed by atoms with E-state index in [0.717, 1.165) is 21.6 Å². The van der Waals surface area contributed by atoms with Crippen LogP contribution in [0, 0.1) is 6.92 Å². The zero-order valence-electron chi connectivity index (χ0n) is 15.8. The molecule has 3 aromatic rings. The number of imide groups is 1. The second kappa shape index (κ2) is 8.27. The molecule has 0 N–H and O–H groups in total. The molecule has 0 aromatic heterocycles. The standard InChI is InChI=1S/C24H18ClNO2S/c1-16-7-9-18(10-8-16)21-22(29-20-13-11-19(25)12-14-20)24(28)26(23(21)27)15-17-5-3-2-4-6-17/h2-14H,15H2,1H3. The van der Waals surface area contributed by atoms with E-state index in [1.54, 1.807) is 12.1 Å². The summed E-state index contributed by atoms with van der Waals surface area (Å²) < 4.78 is 0. The van der Waals surface area contributed by atoms with Crippen LogP contribution in [0.25, 0.3) is 5.57 Å². The van der Waals surface area contributed by atoms with Crippen LogP contribution in [0.3, 0.4) is 0 Å². The van der Waals surface area contributed by atoms with Crippen LogP contribution < -0.4 is 0 Å². The molecule has 0 saturated heterocycles. The van der Waals surface area contributed by atoms with E-state index in [-0.39, 0.29) is 18.4 Å². The Morgan fingerprint density at radius 2 is 1.48 bits per heavy atom. The third kappa shape index (κ3) is 4.14. The predicted octanol–water partition coefficient (Wildman–Crippen LogP) is 5.72. The first-order valence-electron chi connectivity index (χ1n) is 9.18. The van der Waals surface area contributed by atoms with Crippen molar-refractivity contribution in [2.75, 3.05) is 0 Å². The summed E-state index contributed by atoms with van der Waals surface area (Å²) in [5, 5.41) is 0.626. The first-order valence-corrected chi connectivity index (χ1v) is 10.4. The fraction of sp³-hybridized carbons (Fsp3) is 0.0833. The topological polar surface area (TPSA) is 37.4 Å². The van der Waals surface area contributed by atoms with E-state index in [1.165, 1.54) is 16.7 Å². The summed E-state index contributed by atoms with van der Waals surface area (Å²) in [6.45, 7) is 2.24. The van der Waals surface area contributed by atoms with Crippen molar-refractivity contribution >= 4 is 40.8 Å². The van der Waals surface area contributed by atoms with Gasteiger partial charge in [-0.05, 0) is 42.3 Å². The van der Waals surface area contributed by atoms with Gasteiger partial charge in [0, 0.05) is 9.92 Å². The molecule has 3 nitrogen and oxygen atoms in total. The summed E-state index contributed by atoms with van der Waals surface area (Å²) in [4.78, 5) is 29.1. The maximum atomic E-state index is 13.3. The lowest BCUT2D eigenvalue weighted by Gasteiger charge is -2.15. The minimum absolute atomic E-state index is 0.249. The molecule has 4 rings (SSSR count). The molecule has 0 aliphatic carbocycles. The highest BCUT2D eigenvalue weighted by Crippen LogP contribution is 2.40. The Kier molecular flexibility index (Phi) is 5.56. The molecular formula is C24H18ClNO2S. The number of aryl methyl sites for hydroxylation is 1. The van der Waals surface area contributed by atoms with Crippen molar-refractivity contribution in [2.24, 2.45) is 0 Å². The zero-order valence-corrected chi connectivity index (χ0v) is 17.3. The number of amides is 2. The van der Waals surface area contributed by atoms with Gasteiger partial charge in [-0.3, -0.25) is 14.5 Å². The second-order valence-corrected chi connectivity index (χ2v) is 8.33. The lowest BCUT2D eigenvalue weighted by molar-refractivity contribution is -0.137. The molecule has 0 atom stereocenters. The van der Waals surface area contributed by atoms with Gasteiger partial charge in [0.25, 0.3) is 11.8 Å². The number of halogens is 1. The number of benzene rings is 3. The molecule has 1 aliphatic rings. The van der Waals surface area contributed by atoms with E-state index in [2.05, 4.69) is 0 Å². The predicted molar refractivity (Wildman–Crippen MR) is 117 cm³/mol. The van der Waals surface area contributed by atoms with Crippen LogP contribution in [0.2, 0.25) is 5.02 Å². The highest BCUT2D eigenvalue weighted by molar-refractivity contribution is 8.04. The lowest BCUT2D eigenvalue weighted by Crippen LogP contribution is -2.30. The molecule has 0 bridgehead atoms. The van der Waals surface area contributed by atoms with Gasteiger partial charge in [0.1, 0.15) is 0 Å². The van der Waals surface area contributed by atoms with Crippen LogP contribution in [0.1, 0.15) is 16.7 Å². The first-order chi connectivity index (χ1) is 14.0. The van der Waals surface area contributed by atoms with Gasteiger partial charge in [-0.1, -0.05) is 83.5 Å². The van der Waals surface area contributed by atoms with Crippen molar-refractivity contribution in [1.29, 1.82) is 0 Å². The molecule has 0 saturated carbocycles. The summed E-state index contributed by atoms with van der Waals surface area (Å²) in [5.74, 6) is -0.534. The quantitative estimate of drug-likeness (QED) is 0.496. The minimum Gasteiger partial charge on any atom is -0.269 e. The number of thioether (sulfide) groups is 1. The van der Waals surface area contributed by atoms with Gasteiger partial charge in [-0.25, -0.2) is 0 Å². The van der Waals surface area contributed by atoms with E-state index in [0.29, 0.717) is 15.5 Å². The number of hydrogen-bond donors (Lipinski definition) is 0. The molecule has 29 heavy (non-hydrogen) atoms. The first kappa shape index (κ1) is 19.5. The van der Waals surface area contributed by atoms with Crippen molar-refractivity contribution < 1.29 is 9.59 Å². The second-order valence-electron chi connectivity index (χ2n) is 6.81. The Balaban J connectivity index is 1.74. The van der Waals surface area contributed by atoms with Crippen LogP contribution in [-0.2, 0) is 16.1 Å². The Morgan fingerprint density at radius 1 is 0.828 bits per heavy atom. The molecule has 0 unspecified atom stereocenters. The van der Waals surface area contributed by atoms with Crippen LogP contribution in [0.15, 0.2) is 88.7 Å². The van der Waals surface area contributed by atoms with E-state index in [9.17, 15) is 9.59 Å². The molecule has 1 aliphatic heterocycles. The van der Waals surface area contributed by atoms with Crippen LogP contribution >= 0.6 is 23.4 Å².